The lowest BCUT2D eigenvalue weighted by molar-refractivity contribution is -0.120. The number of amides is 1. The van der Waals surface area contributed by atoms with Crippen LogP contribution in [0.3, 0.4) is 0 Å². The van der Waals surface area contributed by atoms with Crippen LogP contribution in [0.15, 0.2) is 40.3 Å². The first-order valence-corrected chi connectivity index (χ1v) is 6.65. The molecule has 0 saturated carbocycles. The number of piperidine rings is 1. The fourth-order valence-electron chi connectivity index (χ4n) is 2.72. The summed E-state index contributed by atoms with van der Waals surface area (Å²) in [6.07, 6.45) is 0.835. The van der Waals surface area contributed by atoms with Gasteiger partial charge in [0.05, 0.1) is 5.92 Å². The molecule has 19 heavy (non-hydrogen) atoms. The Kier molecular flexibility index (Phi) is 3.25. The summed E-state index contributed by atoms with van der Waals surface area (Å²) in [6, 6.07) is 10.4. The van der Waals surface area contributed by atoms with E-state index < -0.39 is 0 Å². The number of nitrogens with zero attached hydrogens (tertiary/aromatic N) is 3. The molecule has 0 N–H and O–H groups in total. The minimum absolute atomic E-state index is 0.0122. The van der Waals surface area contributed by atoms with Gasteiger partial charge >= 0.3 is 0 Å². The van der Waals surface area contributed by atoms with Crippen LogP contribution in [0.1, 0.15) is 18.9 Å². The molecule has 1 aromatic rings. The SMILES string of the molecule is CC1=NC(=O)C2CCN(Cc3ccccc3)CC2=N1. The van der Waals surface area contributed by atoms with Crippen LogP contribution in [0.2, 0.25) is 0 Å². The summed E-state index contributed by atoms with van der Waals surface area (Å²) in [5.41, 5.74) is 2.29. The second kappa shape index (κ2) is 5.05. The third-order valence-electron chi connectivity index (χ3n) is 3.65. The molecule has 1 atom stereocenters. The molecule has 1 unspecified atom stereocenters. The Labute approximate surface area is 112 Å². The Morgan fingerprint density at radius 2 is 2.05 bits per heavy atom. The summed E-state index contributed by atoms with van der Waals surface area (Å²) in [7, 11) is 0. The average Bonchev–Trinajstić information content (AvgIpc) is 2.39. The Morgan fingerprint density at radius 3 is 2.84 bits per heavy atom. The van der Waals surface area contributed by atoms with E-state index in [1.807, 2.05) is 6.07 Å². The number of hydrogen-bond acceptors (Lipinski definition) is 3. The highest BCUT2D eigenvalue weighted by atomic mass is 16.1. The molecule has 98 valence electrons. The highest BCUT2D eigenvalue weighted by Gasteiger charge is 2.32. The number of aliphatic imine (C=N–C) groups is 2. The largest absolute Gasteiger partial charge is 0.294 e. The second-order valence-corrected chi connectivity index (χ2v) is 5.14. The van der Waals surface area contributed by atoms with Gasteiger partial charge in [0, 0.05) is 25.3 Å². The standard InChI is InChI=1S/C15H17N3O/c1-11-16-14-10-18(8-7-13(14)15(19)17-11)9-12-5-3-2-4-6-12/h2-6,13H,7-10H2,1H3. The molecule has 3 rings (SSSR count). The van der Waals surface area contributed by atoms with Crippen molar-refractivity contribution in [2.75, 3.05) is 13.1 Å². The fraction of sp³-hybridized carbons (Fsp3) is 0.400. The molecule has 2 aliphatic heterocycles. The topological polar surface area (TPSA) is 45.0 Å². The fourth-order valence-corrected chi connectivity index (χ4v) is 2.72. The highest BCUT2D eigenvalue weighted by Crippen LogP contribution is 2.21. The zero-order valence-corrected chi connectivity index (χ0v) is 11.0. The van der Waals surface area contributed by atoms with Crippen LogP contribution in [0.25, 0.3) is 0 Å². The van der Waals surface area contributed by atoms with Gasteiger partial charge < -0.3 is 0 Å². The van der Waals surface area contributed by atoms with Gasteiger partial charge in [0.25, 0.3) is 5.91 Å². The predicted octanol–water partition coefficient (Wildman–Crippen LogP) is 1.91. The number of benzene rings is 1. The van der Waals surface area contributed by atoms with Gasteiger partial charge in [0.15, 0.2) is 0 Å². The lowest BCUT2D eigenvalue weighted by atomic mass is 9.92. The van der Waals surface area contributed by atoms with Gasteiger partial charge in [-0.3, -0.25) is 9.69 Å². The maximum absolute atomic E-state index is 11.8. The van der Waals surface area contributed by atoms with E-state index >= 15 is 0 Å². The van der Waals surface area contributed by atoms with Crippen molar-refractivity contribution in [3.8, 4) is 0 Å². The van der Waals surface area contributed by atoms with Gasteiger partial charge in [0.2, 0.25) is 0 Å². The summed E-state index contributed by atoms with van der Waals surface area (Å²) in [6.45, 7) is 4.41. The maximum Gasteiger partial charge on any atom is 0.256 e. The van der Waals surface area contributed by atoms with E-state index in [9.17, 15) is 4.79 Å². The molecule has 0 bridgehead atoms. The number of carbonyl (C=O) groups is 1. The quantitative estimate of drug-likeness (QED) is 0.810. The van der Waals surface area contributed by atoms with Gasteiger partial charge in [-0.1, -0.05) is 30.3 Å². The molecule has 0 aliphatic carbocycles. The van der Waals surface area contributed by atoms with Crippen LogP contribution >= 0.6 is 0 Å². The van der Waals surface area contributed by atoms with Gasteiger partial charge in [-0.05, 0) is 18.9 Å². The normalized spacial score (nSPS) is 23.6. The molecule has 4 heteroatoms. The molecule has 2 heterocycles. The van der Waals surface area contributed by atoms with E-state index in [2.05, 4.69) is 39.2 Å². The third kappa shape index (κ3) is 2.63. The van der Waals surface area contributed by atoms with E-state index in [0.717, 1.165) is 31.8 Å². The van der Waals surface area contributed by atoms with E-state index in [-0.39, 0.29) is 11.8 Å². The van der Waals surface area contributed by atoms with Crippen LogP contribution in [0.4, 0.5) is 0 Å². The first-order valence-electron chi connectivity index (χ1n) is 6.65. The zero-order chi connectivity index (χ0) is 13.2. The maximum atomic E-state index is 11.8. The van der Waals surface area contributed by atoms with Crippen molar-refractivity contribution in [2.24, 2.45) is 15.9 Å². The zero-order valence-electron chi connectivity index (χ0n) is 11.0. The number of hydrogen-bond donors (Lipinski definition) is 0. The Bertz CT molecular complexity index is 548. The van der Waals surface area contributed by atoms with Gasteiger partial charge in [-0.15, -0.1) is 0 Å². The Hall–Kier alpha value is -1.81. The number of fused-ring (bicyclic) bond motifs is 1. The van der Waals surface area contributed by atoms with Gasteiger partial charge in [-0.25, -0.2) is 4.99 Å². The van der Waals surface area contributed by atoms with E-state index in [4.69, 9.17) is 0 Å². The first kappa shape index (κ1) is 12.2. The highest BCUT2D eigenvalue weighted by molar-refractivity contribution is 6.16. The van der Waals surface area contributed by atoms with Crippen molar-refractivity contribution in [3.63, 3.8) is 0 Å². The predicted molar refractivity (Wildman–Crippen MR) is 75.4 cm³/mol. The lowest BCUT2D eigenvalue weighted by Crippen LogP contribution is -2.44. The molecule has 2 aliphatic rings. The molecule has 1 aromatic carbocycles. The number of amidine groups is 1. The van der Waals surface area contributed by atoms with Gasteiger partial charge in [0.1, 0.15) is 5.84 Å². The monoisotopic (exact) mass is 255 g/mol. The summed E-state index contributed by atoms with van der Waals surface area (Å²) < 4.78 is 0. The number of likely N-dealkylation sites (tertiary alicyclic amines) is 1. The van der Waals surface area contributed by atoms with Crippen molar-refractivity contribution < 1.29 is 4.79 Å². The molecule has 1 saturated heterocycles. The minimum atomic E-state index is -0.0734. The molecular formula is C15H17N3O. The second-order valence-electron chi connectivity index (χ2n) is 5.14. The summed E-state index contributed by atoms with van der Waals surface area (Å²) >= 11 is 0. The molecule has 0 spiro atoms. The molecular weight excluding hydrogens is 238 g/mol. The Morgan fingerprint density at radius 1 is 1.26 bits per heavy atom. The van der Waals surface area contributed by atoms with Crippen molar-refractivity contribution in [2.45, 2.75) is 19.9 Å². The van der Waals surface area contributed by atoms with Crippen molar-refractivity contribution in [1.82, 2.24) is 4.90 Å². The average molecular weight is 255 g/mol. The van der Waals surface area contributed by atoms with Gasteiger partial charge in [-0.2, -0.15) is 4.99 Å². The third-order valence-corrected chi connectivity index (χ3v) is 3.65. The van der Waals surface area contributed by atoms with Crippen LogP contribution in [-0.4, -0.2) is 35.4 Å². The van der Waals surface area contributed by atoms with E-state index in [1.54, 1.807) is 6.92 Å². The molecule has 1 fully saturated rings. The van der Waals surface area contributed by atoms with Crippen LogP contribution in [0, 0.1) is 5.92 Å². The van der Waals surface area contributed by atoms with Crippen LogP contribution in [0.5, 0.6) is 0 Å². The van der Waals surface area contributed by atoms with Crippen molar-refractivity contribution >= 4 is 17.5 Å². The smallest absolute Gasteiger partial charge is 0.256 e. The minimum Gasteiger partial charge on any atom is -0.294 e. The van der Waals surface area contributed by atoms with Crippen LogP contribution in [-0.2, 0) is 11.3 Å². The molecule has 0 radical (unpaired) electrons. The Balaban J connectivity index is 1.72. The van der Waals surface area contributed by atoms with Crippen LogP contribution < -0.4 is 0 Å². The lowest BCUT2D eigenvalue weighted by Gasteiger charge is -2.33. The number of carbonyl (C=O) groups excluding carboxylic acids is 1. The summed E-state index contributed by atoms with van der Waals surface area (Å²) in [4.78, 5) is 22.6. The summed E-state index contributed by atoms with van der Waals surface area (Å²) in [5, 5.41) is 0. The van der Waals surface area contributed by atoms with Crippen molar-refractivity contribution in [3.05, 3.63) is 35.9 Å². The molecule has 0 aromatic heterocycles. The summed E-state index contributed by atoms with van der Waals surface area (Å²) in [5.74, 6) is 0.510. The van der Waals surface area contributed by atoms with Crippen molar-refractivity contribution in [1.29, 1.82) is 0 Å². The van der Waals surface area contributed by atoms with E-state index in [1.165, 1.54) is 5.56 Å². The van der Waals surface area contributed by atoms with E-state index in [0.29, 0.717) is 5.84 Å². The molecule has 4 nitrogen and oxygen atoms in total. The number of rotatable bonds is 2. The first-order chi connectivity index (χ1) is 9.22. The molecule has 1 amide bonds.